The highest BCUT2D eigenvalue weighted by atomic mass is 32.1. The molecule has 0 aliphatic heterocycles. The summed E-state index contributed by atoms with van der Waals surface area (Å²) < 4.78 is 3.76. The van der Waals surface area contributed by atoms with Crippen molar-refractivity contribution in [1.29, 1.82) is 0 Å². The first kappa shape index (κ1) is 25.4. The van der Waals surface area contributed by atoms with E-state index in [1.165, 1.54) is 64.2 Å². The average molecular weight is 605 g/mol. The lowest BCUT2D eigenvalue weighted by Gasteiger charge is -2.15. The quantitative estimate of drug-likeness (QED) is 0.188. The monoisotopic (exact) mass is 604 g/mol. The Balaban J connectivity index is 1.50. The number of nitrogens with zero attached hydrogens (tertiary/aromatic N) is 4. The Morgan fingerprint density at radius 3 is 1.52 bits per heavy atom. The van der Waals surface area contributed by atoms with Gasteiger partial charge >= 0.3 is 0 Å². The Kier molecular flexibility index (Phi) is 5.41. The maximum atomic E-state index is 5.12. The minimum absolute atomic E-state index is 0.807. The third-order valence-electron chi connectivity index (χ3n) is 9.13. The second-order valence-corrected chi connectivity index (χ2v) is 12.5. The number of rotatable bonds is 3. The van der Waals surface area contributed by atoms with Crippen LogP contribution in [0, 0.1) is 0 Å². The molecule has 5 heterocycles. The molecule has 0 saturated carbocycles. The fraction of sp³-hybridized carbons (Fsp3) is 0. The molecule has 10 rings (SSSR count). The molecule has 0 amide bonds. The SMILES string of the molecule is c1ccc(-c2cc(-n3c4c5ccccc5c5ccccc5c4c4c5ccccc5c5ccsc5c43)cc(-c3ccccn3)n2)nc1. The highest BCUT2D eigenvalue weighted by Crippen LogP contribution is 2.48. The Labute approximate surface area is 267 Å². The van der Waals surface area contributed by atoms with E-state index >= 15 is 0 Å². The summed E-state index contributed by atoms with van der Waals surface area (Å²) in [5, 5.41) is 13.6. The van der Waals surface area contributed by atoms with Crippen molar-refractivity contribution in [2.45, 2.75) is 0 Å². The van der Waals surface area contributed by atoms with Gasteiger partial charge in [-0.2, -0.15) is 0 Å². The van der Waals surface area contributed by atoms with Crippen LogP contribution in [0.15, 0.2) is 145 Å². The van der Waals surface area contributed by atoms with Crippen molar-refractivity contribution < 1.29 is 0 Å². The van der Waals surface area contributed by atoms with E-state index < -0.39 is 0 Å². The molecule has 0 aliphatic carbocycles. The van der Waals surface area contributed by atoms with Crippen LogP contribution in [0.1, 0.15) is 0 Å². The standard InChI is InChI=1S/C41H24N4S/c1-4-14-29-26(11-1)27-12-3-6-16-31(27)39-37(29)38-30-15-5-2-13-28(30)32-19-22-46-41(32)40(38)45(39)25-23-35(33-17-7-9-20-42-33)44-36(24-25)34-18-8-10-21-43-34/h1-24H. The molecule has 0 saturated heterocycles. The van der Waals surface area contributed by atoms with E-state index in [2.05, 4.69) is 101 Å². The second kappa shape index (κ2) is 9.80. The molecular formula is C41H24N4S. The van der Waals surface area contributed by atoms with Crippen LogP contribution < -0.4 is 0 Å². The maximum absolute atomic E-state index is 5.12. The molecule has 0 fully saturated rings. The largest absolute Gasteiger partial charge is 0.307 e. The first-order chi connectivity index (χ1) is 22.8. The third-order valence-corrected chi connectivity index (χ3v) is 10.1. The summed E-state index contributed by atoms with van der Waals surface area (Å²) in [6, 6.07) is 45.1. The molecule has 0 N–H and O–H groups in total. The minimum Gasteiger partial charge on any atom is -0.307 e. The molecule has 0 radical (unpaired) electrons. The van der Waals surface area contributed by atoms with Crippen molar-refractivity contribution in [3.05, 3.63) is 145 Å². The number of pyridine rings is 3. The lowest BCUT2D eigenvalue weighted by atomic mass is 9.94. The van der Waals surface area contributed by atoms with Gasteiger partial charge in [0.25, 0.3) is 0 Å². The molecule has 5 aromatic carbocycles. The Morgan fingerprint density at radius 1 is 0.435 bits per heavy atom. The lowest BCUT2D eigenvalue weighted by molar-refractivity contribution is 1.15. The molecule has 0 atom stereocenters. The minimum atomic E-state index is 0.807. The van der Waals surface area contributed by atoms with Crippen LogP contribution in [-0.4, -0.2) is 19.5 Å². The van der Waals surface area contributed by atoms with E-state index in [9.17, 15) is 0 Å². The summed E-state index contributed by atoms with van der Waals surface area (Å²) in [6.45, 7) is 0. The molecule has 0 spiro atoms. The summed E-state index contributed by atoms with van der Waals surface area (Å²) in [5.74, 6) is 0. The van der Waals surface area contributed by atoms with E-state index in [0.717, 1.165) is 28.5 Å². The fourth-order valence-corrected chi connectivity index (χ4v) is 8.21. The van der Waals surface area contributed by atoms with Gasteiger partial charge in [0.2, 0.25) is 0 Å². The van der Waals surface area contributed by atoms with Crippen molar-refractivity contribution in [1.82, 2.24) is 19.5 Å². The van der Waals surface area contributed by atoms with Crippen LogP contribution in [0.3, 0.4) is 0 Å². The number of benzene rings is 5. The Morgan fingerprint density at radius 2 is 0.935 bits per heavy atom. The van der Waals surface area contributed by atoms with Gasteiger partial charge in [-0.15, -0.1) is 11.3 Å². The molecule has 10 aromatic rings. The number of hydrogen-bond donors (Lipinski definition) is 0. The van der Waals surface area contributed by atoms with Crippen LogP contribution in [0.25, 0.3) is 92.7 Å². The maximum Gasteiger partial charge on any atom is 0.0915 e. The molecule has 0 unspecified atom stereocenters. The zero-order valence-corrected chi connectivity index (χ0v) is 25.4. The normalized spacial score (nSPS) is 11.9. The van der Waals surface area contributed by atoms with E-state index in [1.54, 1.807) is 11.3 Å². The van der Waals surface area contributed by atoms with Gasteiger partial charge in [0.1, 0.15) is 0 Å². The second-order valence-electron chi connectivity index (χ2n) is 11.6. The van der Waals surface area contributed by atoms with Gasteiger partial charge < -0.3 is 4.57 Å². The molecule has 46 heavy (non-hydrogen) atoms. The summed E-state index contributed by atoms with van der Waals surface area (Å²) in [5.41, 5.74) is 6.70. The lowest BCUT2D eigenvalue weighted by Crippen LogP contribution is -2.00. The Hall–Kier alpha value is -5.91. The highest BCUT2D eigenvalue weighted by molar-refractivity contribution is 7.18. The molecular weight excluding hydrogens is 581 g/mol. The van der Waals surface area contributed by atoms with Gasteiger partial charge in [0.15, 0.2) is 0 Å². The first-order valence-electron chi connectivity index (χ1n) is 15.4. The van der Waals surface area contributed by atoms with Crippen LogP contribution in [0.5, 0.6) is 0 Å². The predicted octanol–water partition coefficient (Wildman–Crippen LogP) is 11.0. The zero-order chi connectivity index (χ0) is 30.2. The molecule has 214 valence electrons. The van der Waals surface area contributed by atoms with E-state index in [4.69, 9.17) is 15.0 Å². The smallest absolute Gasteiger partial charge is 0.0915 e. The van der Waals surface area contributed by atoms with Crippen LogP contribution in [0.2, 0.25) is 0 Å². The van der Waals surface area contributed by atoms with Gasteiger partial charge in [-0.3, -0.25) is 9.97 Å². The van der Waals surface area contributed by atoms with E-state index in [-0.39, 0.29) is 0 Å². The number of fused-ring (bicyclic) bond motifs is 13. The van der Waals surface area contributed by atoms with Crippen molar-refractivity contribution in [3.8, 4) is 28.5 Å². The first-order valence-corrected chi connectivity index (χ1v) is 16.2. The summed E-state index contributed by atoms with van der Waals surface area (Å²) in [4.78, 5) is 14.6. The van der Waals surface area contributed by atoms with Crippen LogP contribution in [0.4, 0.5) is 0 Å². The summed E-state index contributed by atoms with van der Waals surface area (Å²) in [7, 11) is 0. The fourth-order valence-electron chi connectivity index (χ4n) is 7.26. The molecule has 5 aromatic heterocycles. The van der Waals surface area contributed by atoms with Crippen molar-refractivity contribution in [3.63, 3.8) is 0 Å². The highest BCUT2D eigenvalue weighted by Gasteiger charge is 2.24. The Bertz CT molecular complexity index is 2740. The number of thiophene rings is 1. The van der Waals surface area contributed by atoms with E-state index in [0.29, 0.717) is 0 Å². The molecule has 5 heteroatoms. The van der Waals surface area contributed by atoms with Gasteiger partial charge in [-0.1, -0.05) is 84.9 Å². The van der Waals surface area contributed by atoms with Gasteiger partial charge in [0.05, 0.1) is 44.2 Å². The molecule has 0 aliphatic rings. The topological polar surface area (TPSA) is 43.6 Å². The van der Waals surface area contributed by atoms with E-state index in [1.807, 2.05) is 48.8 Å². The predicted molar refractivity (Wildman–Crippen MR) is 193 cm³/mol. The zero-order valence-electron chi connectivity index (χ0n) is 24.6. The average Bonchev–Trinajstić information content (AvgIpc) is 3.77. The molecule has 0 bridgehead atoms. The molecule has 4 nitrogen and oxygen atoms in total. The van der Waals surface area contributed by atoms with Crippen molar-refractivity contribution in [2.75, 3.05) is 0 Å². The van der Waals surface area contributed by atoms with Crippen LogP contribution >= 0.6 is 11.3 Å². The van der Waals surface area contributed by atoms with Gasteiger partial charge in [0, 0.05) is 33.9 Å². The van der Waals surface area contributed by atoms with Crippen molar-refractivity contribution >= 4 is 75.5 Å². The third kappa shape index (κ3) is 3.57. The number of hydrogen-bond acceptors (Lipinski definition) is 4. The van der Waals surface area contributed by atoms with Crippen LogP contribution in [-0.2, 0) is 0 Å². The van der Waals surface area contributed by atoms with Gasteiger partial charge in [-0.25, -0.2) is 4.98 Å². The summed E-state index contributed by atoms with van der Waals surface area (Å²) >= 11 is 1.81. The van der Waals surface area contributed by atoms with Gasteiger partial charge in [-0.05, 0) is 74.8 Å². The summed E-state index contributed by atoms with van der Waals surface area (Å²) in [6.07, 6.45) is 3.65. The van der Waals surface area contributed by atoms with Crippen molar-refractivity contribution in [2.24, 2.45) is 0 Å². The number of aromatic nitrogens is 4.